The first-order chi connectivity index (χ1) is 8.52. The molecule has 1 heterocycles. The second kappa shape index (κ2) is 4.84. The highest BCUT2D eigenvalue weighted by Crippen LogP contribution is 2.27. The molecule has 1 atom stereocenters. The van der Waals surface area contributed by atoms with Crippen molar-refractivity contribution in [1.82, 2.24) is 4.98 Å². The highest BCUT2D eigenvalue weighted by Gasteiger charge is 2.13. The summed E-state index contributed by atoms with van der Waals surface area (Å²) >= 11 is 0. The fourth-order valence-corrected chi connectivity index (χ4v) is 2.15. The van der Waals surface area contributed by atoms with Crippen LogP contribution in [0.15, 0.2) is 18.2 Å². The molecule has 0 radical (unpaired) electrons. The van der Waals surface area contributed by atoms with E-state index < -0.39 is 0 Å². The number of aromatic nitrogens is 1. The fraction of sp³-hybridized carbons (Fsp3) is 0.400. The molecule has 18 heavy (non-hydrogen) atoms. The number of Topliss-reactive ketones (excluding diaryl/α,β-unsaturated/α-hetero) is 1. The molecule has 2 rings (SSSR count). The number of hydrogen-bond donors (Lipinski definition) is 1. The second-order valence-corrected chi connectivity index (χ2v) is 4.73. The van der Waals surface area contributed by atoms with Crippen molar-refractivity contribution in [3.63, 3.8) is 0 Å². The van der Waals surface area contributed by atoms with Gasteiger partial charge in [0.25, 0.3) is 0 Å². The number of aryl methyl sites for hydroxylation is 1. The summed E-state index contributed by atoms with van der Waals surface area (Å²) < 4.78 is 5.79. The lowest BCUT2D eigenvalue weighted by Gasteiger charge is -2.12. The molecule has 1 aromatic carbocycles. The molecule has 3 heteroatoms. The number of carbonyl (C=O) groups is 1. The third-order valence-corrected chi connectivity index (χ3v) is 3.22. The van der Waals surface area contributed by atoms with Gasteiger partial charge in [-0.2, -0.15) is 0 Å². The number of ether oxygens (including phenoxy) is 1. The van der Waals surface area contributed by atoms with Gasteiger partial charge in [0.15, 0.2) is 5.78 Å². The highest BCUT2D eigenvalue weighted by atomic mass is 16.5. The molecule has 0 spiro atoms. The first kappa shape index (κ1) is 12.7. The van der Waals surface area contributed by atoms with Crippen molar-refractivity contribution in [3.05, 3.63) is 29.5 Å². The minimum Gasteiger partial charge on any atom is -0.491 e. The third kappa shape index (κ3) is 2.26. The van der Waals surface area contributed by atoms with Gasteiger partial charge in [0, 0.05) is 22.2 Å². The van der Waals surface area contributed by atoms with Crippen LogP contribution in [0.2, 0.25) is 0 Å². The number of nitrogens with one attached hydrogen (secondary N) is 1. The molecule has 0 fully saturated rings. The van der Waals surface area contributed by atoms with E-state index in [-0.39, 0.29) is 11.9 Å². The molecule has 1 N–H and O–H groups in total. The van der Waals surface area contributed by atoms with Crippen molar-refractivity contribution in [2.24, 2.45) is 0 Å². The van der Waals surface area contributed by atoms with E-state index >= 15 is 0 Å². The second-order valence-electron chi connectivity index (χ2n) is 4.73. The number of rotatable bonds is 4. The SMILES string of the molecule is CCC(C)Oc1ccc2[nH]c(C)c(C(C)=O)c2c1. The molecule has 2 aromatic rings. The third-order valence-electron chi connectivity index (χ3n) is 3.22. The molecule has 0 aliphatic carbocycles. The topological polar surface area (TPSA) is 42.1 Å². The first-order valence-electron chi connectivity index (χ1n) is 6.32. The molecule has 0 amide bonds. The summed E-state index contributed by atoms with van der Waals surface area (Å²) in [5.74, 6) is 0.901. The average molecular weight is 245 g/mol. The van der Waals surface area contributed by atoms with Gasteiger partial charge in [-0.1, -0.05) is 6.92 Å². The number of H-pyrrole nitrogens is 1. The van der Waals surface area contributed by atoms with Gasteiger partial charge in [-0.15, -0.1) is 0 Å². The molecule has 0 saturated heterocycles. The van der Waals surface area contributed by atoms with Crippen LogP contribution in [-0.2, 0) is 0 Å². The standard InChI is InChI=1S/C15H19NO2/c1-5-9(2)18-12-6-7-14-13(8-12)15(11(4)17)10(3)16-14/h6-9,16H,5H2,1-4H3. The lowest BCUT2D eigenvalue weighted by molar-refractivity contribution is 0.101. The van der Waals surface area contributed by atoms with Gasteiger partial charge in [-0.3, -0.25) is 4.79 Å². The van der Waals surface area contributed by atoms with Gasteiger partial charge in [0.1, 0.15) is 5.75 Å². The van der Waals surface area contributed by atoms with Crippen LogP contribution in [-0.4, -0.2) is 16.9 Å². The smallest absolute Gasteiger partial charge is 0.162 e. The highest BCUT2D eigenvalue weighted by molar-refractivity contribution is 6.08. The first-order valence-corrected chi connectivity index (χ1v) is 6.32. The van der Waals surface area contributed by atoms with Gasteiger partial charge in [-0.05, 0) is 45.4 Å². The molecule has 1 aromatic heterocycles. The lowest BCUT2D eigenvalue weighted by Crippen LogP contribution is -2.09. The minimum atomic E-state index is 0.0828. The number of ketones is 1. The Hall–Kier alpha value is -1.77. The van der Waals surface area contributed by atoms with E-state index in [1.807, 2.05) is 32.0 Å². The lowest BCUT2D eigenvalue weighted by atomic mass is 10.1. The summed E-state index contributed by atoms with van der Waals surface area (Å²) in [4.78, 5) is 14.9. The maximum Gasteiger partial charge on any atom is 0.162 e. The maximum absolute atomic E-state index is 11.7. The predicted octanol–water partition coefficient (Wildman–Crippen LogP) is 3.86. The molecule has 96 valence electrons. The zero-order valence-corrected chi connectivity index (χ0v) is 11.3. The van der Waals surface area contributed by atoms with Crippen molar-refractivity contribution in [2.75, 3.05) is 0 Å². The zero-order valence-electron chi connectivity index (χ0n) is 11.3. The van der Waals surface area contributed by atoms with Gasteiger partial charge in [0.05, 0.1) is 6.10 Å². The normalized spacial score (nSPS) is 12.7. The monoisotopic (exact) mass is 245 g/mol. The molecule has 0 saturated carbocycles. The Balaban J connectivity index is 2.49. The Morgan fingerprint density at radius 1 is 1.44 bits per heavy atom. The van der Waals surface area contributed by atoms with Crippen LogP contribution in [0.3, 0.4) is 0 Å². The number of carbonyl (C=O) groups excluding carboxylic acids is 1. The number of hydrogen-bond acceptors (Lipinski definition) is 2. The van der Waals surface area contributed by atoms with Crippen molar-refractivity contribution >= 4 is 16.7 Å². The molecule has 0 bridgehead atoms. The van der Waals surface area contributed by atoms with Crippen LogP contribution in [0.4, 0.5) is 0 Å². The van der Waals surface area contributed by atoms with Crippen LogP contribution in [0.1, 0.15) is 43.2 Å². The van der Waals surface area contributed by atoms with E-state index in [2.05, 4.69) is 11.9 Å². The maximum atomic E-state index is 11.7. The Morgan fingerprint density at radius 3 is 2.78 bits per heavy atom. The van der Waals surface area contributed by atoms with E-state index in [9.17, 15) is 4.79 Å². The van der Waals surface area contributed by atoms with Crippen molar-refractivity contribution in [2.45, 2.75) is 40.2 Å². The van der Waals surface area contributed by atoms with E-state index in [1.54, 1.807) is 6.92 Å². The quantitative estimate of drug-likeness (QED) is 0.831. The summed E-state index contributed by atoms with van der Waals surface area (Å²) in [6, 6.07) is 5.85. The van der Waals surface area contributed by atoms with Crippen LogP contribution in [0, 0.1) is 6.92 Å². The molecular weight excluding hydrogens is 226 g/mol. The molecular formula is C15H19NO2. The van der Waals surface area contributed by atoms with Crippen LogP contribution >= 0.6 is 0 Å². The van der Waals surface area contributed by atoms with E-state index in [0.717, 1.165) is 34.3 Å². The number of fused-ring (bicyclic) bond motifs is 1. The summed E-state index contributed by atoms with van der Waals surface area (Å²) in [5.41, 5.74) is 2.66. The largest absolute Gasteiger partial charge is 0.491 e. The van der Waals surface area contributed by atoms with Gasteiger partial charge >= 0.3 is 0 Å². The Labute approximate surface area is 107 Å². The Kier molecular flexibility index (Phi) is 3.41. The van der Waals surface area contributed by atoms with E-state index in [1.165, 1.54) is 0 Å². The van der Waals surface area contributed by atoms with Crippen LogP contribution in [0.25, 0.3) is 10.9 Å². The molecule has 0 aliphatic rings. The Bertz CT molecular complexity index is 583. The van der Waals surface area contributed by atoms with Crippen molar-refractivity contribution in [3.8, 4) is 5.75 Å². The van der Waals surface area contributed by atoms with E-state index in [4.69, 9.17) is 4.74 Å². The fourth-order valence-electron chi connectivity index (χ4n) is 2.15. The number of benzene rings is 1. The Morgan fingerprint density at radius 2 is 2.17 bits per heavy atom. The zero-order chi connectivity index (χ0) is 13.3. The van der Waals surface area contributed by atoms with Gasteiger partial charge in [0.2, 0.25) is 0 Å². The summed E-state index contributed by atoms with van der Waals surface area (Å²) in [6.45, 7) is 7.65. The van der Waals surface area contributed by atoms with Crippen LogP contribution < -0.4 is 4.74 Å². The summed E-state index contributed by atoms with van der Waals surface area (Å²) in [5, 5.41) is 0.945. The summed E-state index contributed by atoms with van der Waals surface area (Å²) in [7, 11) is 0. The van der Waals surface area contributed by atoms with Gasteiger partial charge < -0.3 is 9.72 Å². The van der Waals surface area contributed by atoms with Gasteiger partial charge in [-0.25, -0.2) is 0 Å². The minimum absolute atomic E-state index is 0.0828. The predicted molar refractivity (Wildman–Crippen MR) is 73.4 cm³/mol. The average Bonchev–Trinajstić information content (AvgIpc) is 2.64. The van der Waals surface area contributed by atoms with Crippen molar-refractivity contribution in [1.29, 1.82) is 0 Å². The van der Waals surface area contributed by atoms with E-state index in [0.29, 0.717) is 0 Å². The molecule has 0 aliphatic heterocycles. The number of aromatic amines is 1. The molecule has 3 nitrogen and oxygen atoms in total. The van der Waals surface area contributed by atoms with Crippen LogP contribution in [0.5, 0.6) is 5.75 Å². The van der Waals surface area contributed by atoms with Crippen molar-refractivity contribution < 1.29 is 9.53 Å². The summed E-state index contributed by atoms with van der Waals surface area (Å²) in [6.07, 6.45) is 1.15. The molecule has 1 unspecified atom stereocenters.